The van der Waals surface area contributed by atoms with Gasteiger partial charge in [0, 0.05) is 25.3 Å². The average molecular weight is 225 g/mol. The van der Waals surface area contributed by atoms with E-state index >= 15 is 0 Å². The lowest BCUT2D eigenvalue weighted by molar-refractivity contribution is 0.133. The molecule has 0 amide bonds. The number of nitrogens with one attached hydrogen (secondary N) is 1. The van der Waals surface area contributed by atoms with Gasteiger partial charge in [-0.05, 0) is 26.3 Å². The highest BCUT2D eigenvalue weighted by Gasteiger charge is 2.02. The van der Waals surface area contributed by atoms with Gasteiger partial charge in [-0.3, -0.25) is 0 Å². The van der Waals surface area contributed by atoms with Gasteiger partial charge in [0.05, 0.1) is 6.61 Å². The van der Waals surface area contributed by atoms with Crippen LogP contribution in [0, 0.1) is 13.8 Å². The zero-order valence-electron chi connectivity index (χ0n) is 10.6. The third-order valence-electron chi connectivity index (χ3n) is 2.52. The quantitative estimate of drug-likeness (QED) is 0.691. The highest BCUT2D eigenvalue weighted by molar-refractivity contribution is 5.19. The van der Waals surface area contributed by atoms with Gasteiger partial charge in [-0.1, -0.05) is 13.3 Å². The molecule has 0 aromatic carbocycles. The maximum Gasteiger partial charge on any atom is 0.105 e. The average Bonchev–Trinajstić information content (AvgIpc) is 2.56. The largest absolute Gasteiger partial charge is 0.466 e. The summed E-state index contributed by atoms with van der Waals surface area (Å²) in [5.74, 6) is 1.99. The van der Waals surface area contributed by atoms with Gasteiger partial charge in [0.25, 0.3) is 0 Å². The molecule has 1 rings (SSSR count). The number of hydrogen-bond donors (Lipinski definition) is 1. The van der Waals surface area contributed by atoms with E-state index < -0.39 is 0 Å². The predicted octanol–water partition coefficient (Wildman–Crippen LogP) is 2.80. The lowest BCUT2D eigenvalue weighted by Crippen LogP contribution is -2.19. The van der Waals surface area contributed by atoms with E-state index in [1.54, 1.807) is 0 Å². The Labute approximate surface area is 98.2 Å². The number of aryl methyl sites for hydroxylation is 2. The summed E-state index contributed by atoms with van der Waals surface area (Å²) < 4.78 is 10.9. The van der Waals surface area contributed by atoms with Crippen molar-refractivity contribution in [1.82, 2.24) is 5.32 Å². The minimum absolute atomic E-state index is 0.788. The molecule has 0 aliphatic carbocycles. The van der Waals surface area contributed by atoms with Gasteiger partial charge in [0.1, 0.15) is 11.5 Å². The topological polar surface area (TPSA) is 34.4 Å². The second-order valence-electron chi connectivity index (χ2n) is 4.08. The van der Waals surface area contributed by atoms with E-state index in [2.05, 4.69) is 18.3 Å². The molecule has 0 aliphatic heterocycles. The van der Waals surface area contributed by atoms with E-state index in [1.807, 2.05) is 13.8 Å². The molecule has 0 atom stereocenters. The van der Waals surface area contributed by atoms with Gasteiger partial charge >= 0.3 is 0 Å². The zero-order valence-corrected chi connectivity index (χ0v) is 10.6. The summed E-state index contributed by atoms with van der Waals surface area (Å²) in [6.07, 6.45) is 2.35. The SMILES string of the molecule is CCCCOCCNCc1cc(C)oc1C. The van der Waals surface area contributed by atoms with Crippen molar-refractivity contribution in [2.45, 2.75) is 40.2 Å². The molecule has 1 aromatic heterocycles. The Bertz CT molecular complexity index is 294. The number of rotatable bonds is 8. The van der Waals surface area contributed by atoms with Crippen molar-refractivity contribution < 1.29 is 9.15 Å². The Hall–Kier alpha value is -0.800. The molecule has 16 heavy (non-hydrogen) atoms. The van der Waals surface area contributed by atoms with Crippen molar-refractivity contribution in [3.8, 4) is 0 Å². The summed E-state index contributed by atoms with van der Waals surface area (Å²) in [5.41, 5.74) is 1.24. The highest BCUT2D eigenvalue weighted by atomic mass is 16.5. The summed E-state index contributed by atoms with van der Waals surface area (Å²) >= 11 is 0. The van der Waals surface area contributed by atoms with E-state index in [1.165, 1.54) is 12.0 Å². The Morgan fingerprint density at radius 3 is 2.75 bits per heavy atom. The molecular formula is C13H23NO2. The van der Waals surface area contributed by atoms with Crippen molar-refractivity contribution in [1.29, 1.82) is 0 Å². The summed E-state index contributed by atoms with van der Waals surface area (Å²) in [6, 6.07) is 2.08. The first-order valence-electron chi connectivity index (χ1n) is 6.08. The fourth-order valence-corrected chi connectivity index (χ4v) is 1.57. The van der Waals surface area contributed by atoms with E-state index in [4.69, 9.17) is 9.15 Å². The zero-order chi connectivity index (χ0) is 11.8. The van der Waals surface area contributed by atoms with Gasteiger partial charge in [-0.15, -0.1) is 0 Å². The molecule has 0 unspecified atom stereocenters. The fourth-order valence-electron chi connectivity index (χ4n) is 1.57. The molecule has 0 aliphatic rings. The third kappa shape index (κ3) is 4.81. The van der Waals surface area contributed by atoms with Crippen LogP contribution in [0.2, 0.25) is 0 Å². The van der Waals surface area contributed by atoms with Gasteiger partial charge in [-0.25, -0.2) is 0 Å². The van der Waals surface area contributed by atoms with Crippen LogP contribution in [0.25, 0.3) is 0 Å². The first kappa shape index (κ1) is 13.3. The summed E-state index contributed by atoms with van der Waals surface area (Å²) in [5, 5.41) is 3.35. The fraction of sp³-hybridized carbons (Fsp3) is 0.692. The molecule has 0 saturated carbocycles. The van der Waals surface area contributed by atoms with Crippen LogP contribution in [0.3, 0.4) is 0 Å². The Kier molecular flexibility index (Phi) is 6.19. The van der Waals surface area contributed by atoms with Crippen LogP contribution in [0.4, 0.5) is 0 Å². The third-order valence-corrected chi connectivity index (χ3v) is 2.52. The summed E-state index contributed by atoms with van der Waals surface area (Å²) in [7, 11) is 0. The summed E-state index contributed by atoms with van der Waals surface area (Å²) in [6.45, 7) is 9.57. The minimum Gasteiger partial charge on any atom is -0.466 e. The molecule has 1 aromatic rings. The molecule has 0 saturated heterocycles. The van der Waals surface area contributed by atoms with Crippen molar-refractivity contribution in [3.63, 3.8) is 0 Å². The highest BCUT2D eigenvalue weighted by Crippen LogP contribution is 2.12. The van der Waals surface area contributed by atoms with Gasteiger partial charge < -0.3 is 14.5 Å². The van der Waals surface area contributed by atoms with Crippen molar-refractivity contribution in [3.05, 3.63) is 23.2 Å². The molecule has 1 heterocycles. The Balaban J connectivity index is 2.05. The van der Waals surface area contributed by atoms with Crippen LogP contribution in [0.15, 0.2) is 10.5 Å². The molecule has 3 nitrogen and oxygen atoms in total. The minimum atomic E-state index is 0.788. The molecule has 3 heteroatoms. The molecule has 0 fully saturated rings. The first-order valence-corrected chi connectivity index (χ1v) is 6.08. The van der Waals surface area contributed by atoms with Crippen LogP contribution in [-0.4, -0.2) is 19.8 Å². The molecule has 1 N–H and O–H groups in total. The Morgan fingerprint density at radius 1 is 1.31 bits per heavy atom. The van der Waals surface area contributed by atoms with Crippen LogP contribution in [0.5, 0.6) is 0 Å². The number of unbranched alkanes of at least 4 members (excludes halogenated alkanes) is 1. The van der Waals surface area contributed by atoms with Crippen LogP contribution in [-0.2, 0) is 11.3 Å². The van der Waals surface area contributed by atoms with Crippen molar-refractivity contribution in [2.24, 2.45) is 0 Å². The lowest BCUT2D eigenvalue weighted by atomic mass is 10.2. The van der Waals surface area contributed by atoms with E-state index in [0.29, 0.717) is 0 Å². The first-order chi connectivity index (χ1) is 7.74. The molecule has 0 bridgehead atoms. The predicted molar refractivity (Wildman–Crippen MR) is 65.6 cm³/mol. The van der Waals surface area contributed by atoms with E-state index in [0.717, 1.165) is 44.2 Å². The molecule has 92 valence electrons. The van der Waals surface area contributed by atoms with Crippen LogP contribution >= 0.6 is 0 Å². The monoisotopic (exact) mass is 225 g/mol. The van der Waals surface area contributed by atoms with Crippen molar-refractivity contribution in [2.75, 3.05) is 19.8 Å². The van der Waals surface area contributed by atoms with Gasteiger partial charge in [-0.2, -0.15) is 0 Å². The Morgan fingerprint density at radius 2 is 2.12 bits per heavy atom. The molecule has 0 radical (unpaired) electrons. The smallest absolute Gasteiger partial charge is 0.105 e. The van der Waals surface area contributed by atoms with Crippen LogP contribution < -0.4 is 5.32 Å². The molecule has 0 spiro atoms. The number of furan rings is 1. The number of hydrogen-bond acceptors (Lipinski definition) is 3. The molecular weight excluding hydrogens is 202 g/mol. The number of ether oxygens (including phenoxy) is 1. The summed E-state index contributed by atoms with van der Waals surface area (Å²) in [4.78, 5) is 0. The van der Waals surface area contributed by atoms with E-state index in [-0.39, 0.29) is 0 Å². The maximum absolute atomic E-state index is 5.46. The second-order valence-corrected chi connectivity index (χ2v) is 4.08. The van der Waals surface area contributed by atoms with Crippen molar-refractivity contribution >= 4 is 0 Å². The second kappa shape index (κ2) is 7.47. The standard InChI is InChI=1S/C13H23NO2/c1-4-5-7-15-8-6-14-10-13-9-11(2)16-12(13)3/h9,14H,4-8,10H2,1-3H3. The maximum atomic E-state index is 5.46. The van der Waals surface area contributed by atoms with Gasteiger partial charge in [0.15, 0.2) is 0 Å². The van der Waals surface area contributed by atoms with Crippen LogP contribution in [0.1, 0.15) is 36.8 Å². The normalized spacial score (nSPS) is 10.9. The van der Waals surface area contributed by atoms with Gasteiger partial charge in [0.2, 0.25) is 0 Å². The lowest BCUT2D eigenvalue weighted by Gasteiger charge is -2.05. The van der Waals surface area contributed by atoms with E-state index in [9.17, 15) is 0 Å².